The van der Waals surface area contributed by atoms with E-state index in [9.17, 15) is 10.1 Å². The quantitative estimate of drug-likeness (QED) is 0.302. The predicted octanol–water partition coefficient (Wildman–Crippen LogP) is 4.44. The SMILES string of the molecule is COc1cc(N2CCC(N(C)C)C2)c([N+](=O)[O-])cc1Nc1cc(-c2ccc3c(ccn3C)c2)ncn1. The van der Waals surface area contributed by atoms with Gasteiger partial charge in [-0.3, -0.25) is 10.1 Å². The summed E-state index contributed by atoms with van der Waals surface area (Å²) in [5, 5.41) is 16.3. The number of rotatable bonds is 7. The second-order valence-corrected chi connectivity index (χ2v) is 9.26. The number of benzene rings is 2. The molecule has 1 atom stereocenters. The molecule has 2 aromatic heterocycles. The molecule has 1 unspecified atom stereocenters. The fourth-order valence-corrected chi connectivity index (χ4v) is 4.77. The van der Waals surface area contributed by atoms with Crippen molar-refractivity contribution >= 4 is 33.8 Å². The lowest BCUT2D eigenvalue weighted by Gasteiger charge is -2.23. The van der Waals surface area contributed by atoms with Gasteiger partial charge >= 0.3 is 0 Å². The first kappa shape index (κ1) is 23.6. The van der Waals surface area contributed by atoms with Crippen molar-refractivity contribution in [3.63, 3.8) is 0 Å². The Bertz CT molecular complexity index is 1430. The normalized spacial score (nSPS) is 15.6. The lowest BCUT2D eigenvalue weighted by molar-refractivity contribution is -0.384. The Morgan fingerprint density at radius 1 is 1.17 bits per heavy atom. The van der Waals surface area contributed by atoms with E-state index in [1.807, 2.05) is 39.5 Å². The summed E-state index contributed by atoms with van der Waals surface area (Å²) < 4.78 is 7.69. The highest BCUT2D eigenvalue weighted by molar-refractivity contribution is 5.85. The highest BCUT2D eigenvalue weighted by atomic mass is 16.6. The van der Waals surface area contributed by atoms with Crippen LogP contribution in [0.4, 0.5) is 22.9 Å². The first-order chi connectivity index (χ1) is 17.3. The molecule has 186 valence electrons. The summed E-state index contributed by atoms with van der Waals surface area (Å²) in [5.41, 5.74) is 3.90. The Balaban J connectivity index is 1.46. The van der Waals surface area contributed by atoms with Crippen LogP contribution >= 0.6 is 0 Å². The number of hydrogen-bond acceptors (Lipinski definition) is 8. The van der Waals surface area contributed by atoms with Gasteiger partial charge in [-0.1, -0.05) is 6.07 Å². The van der Waals surface area contributed by atoms with Gasteiger partial charge in [-0.15, -0.1) is 0 Å². The third kappa shape index (κ3) is 4.42. The fourth-order valence-electron chi connectivity index (χ4n) is 4.77. The van der Waals surface area contributed by atoms with Crippen LogP contribution in [0, 0.1) is 10.1 Å². The Hall–Kier alpha value is -4.18. The minimum absolute atomic E-state index is 0.0292. The van der Waals surface area contributed by atoms with E-state index in [0.29, 0.717) is 29.0 Å². The van der Waals surface area contributed by atoms with E-state index in [1.165, 1.54) is 12.4 Å². The molecule has 10 nitrogen and oxygen atoms in total. The second-order valence-electron chi connectivity index (χ2n) is 9.26. The van der Waals surface area contributed by atoms with Gasteiger partial charge in [-0.2, -0.15) is 0 Å². The maximum atomic E-state index is 12.0. The number of ether oxygens (including phenoxy) is 1. The summed E-state index contributed by atoms with van der Waals surface area (Å²) in [6, 6.07) is 13.7. The summed E-state index contributed by atoms with van der Waals surface area (Å²) in [6.45, 7) is 1.48. The van der Waals surface area contributed by atoms with E-state index in [1.54, 1.807) is 13.2 Å². The van der Waals surface area contributed by atoms with E-state index in [2.05, 4.69) is 47.9 Å². The van der Waals surface area contributed by atoms with Gasteiger partial charge in [-0.25, -0.2) is 9.97 Å². The Morgan fingerprint density at radius 2 is 2.00 bits per heavy atom. The molecule has 10 heteroatoms. The molecule has 0 bridgehead atoms. The van der Waals surface area contributed by atoms with Crippen molar-refractivity contribution in [3.05, 3.63) is 65.1 Å². The van der Waals surface area contributed by atoms with Crippen molar-refractivity contribution in [2.45, 2.75) is 12.5 Å². The molecule has 0 saturated carbocycles. The van der Waals surface area contributed by atoms with Crippen molar-refractivity contribution in [2.75, 3.05) is 44.5 Å². The zero-order valence-corrected chi connectivity index (χ0v) is 20.8. The van der Waals surface area contributed by atoms with Gasteiger partial charge in [0, 0.05) is 67.0 Å². The molecule has 0 aliphatic carbocycles. The molecule has 1 aliphatic rings. The summed E-state index contributed by atoms with van der Waals surface area (Å²) in [5.74, 6) is 1.03. The van der Waals surface area contributed by atoms with Crippen LogP contribution in [0.5, 0.6) is 5.75 Å². The van der Waals surface area contributed by atoms with Crippen molar-refractivity contribution in [1.82, 2.24) is 19.4 Å². The van der Waals surface area contributed by atoms with Gasteiger partial charge < -0.3 is 24.4 Å². The van der Waals surface area contributed by atoms with E-state index in [4.69, 9.17) is 4.74 Å². The van der Waals surface area contributed by atoms with Crippen LogP contribution in [0.15, 0.2) is 55.0 Å². The Labute approximate surface area is 209 Å². The summed E-state index contributed by atoms with van der Waals surface area (Å²) in [4.78, 5) is 24.7. The molecule has 5 rings (SSSR count). The van der Waals surface area contributed by atoms with Gasteiger partial charge in [0.25, 0.3) is 5.69 Å². The van der Waals surface area contributed by atoms with Crippen LogP contribution in [0.25, 0.3) is 22.2 Å². The minimum atomic E-state index is -0.344. The monoisotopic (exact) mass is 487 g/mol. The highest BCUT2D eigenvalue weighted by Crippen LogP contribution is 2.41. The van der Waals surface area contributed by atoms with Crippen LogP contribution in [-0.4, -0.2) is 64.7 Å². The topological polar surface area (TPSA) is 102 Å². The van der Waals surface area contributed by atoms with Gasteiger partial charge in [0.1, 0.15) is 23.6 Å². The average molecular weight is 488 g/mol. The number of likely N-dealkylation sites (N-methyl/N-ethyl adjacent to an activating group) is 1. The van der Waals surface area contributed by atoms with Gasteiger partial charge in [0.2, 0.25) is 0 Å². The molecule has 1 saturated heterocycles. The van der Waals surface area contributed by atoms with Crippen LogP contribution < -0.4 is 15.0 Å². The molecule has 1 N–H and O–H groups in total. The molecule has 1 fully saturated rings. The largest absolute Gasteiger partial charge is 0.494 e. The van der Waals surface area contributed by atoms with Crippen molar-refractivity contribution in [1.29, 1.82) is 0 Å². The van der Waals surface area contributed by atoms with E-state index < -0.39 is 0 Å². The first-order valence-electron chi connectivity index (χ1n) is 11.8. The number of nitrogens with one attached hydrogen (secondary N) is 1. The first-order valence-corrected chi connectivity index (χ1v) is 11.8. The van der Waals surface area contributed by atoms with Gasteiger partial charge in [-0.05, 0) is 38.7 Å². The van der Waals surface area contributed by atoms with E-state index >= 15 is 0 Å². The van der Waals surface area contributed by atoms with Crippen LogP contribution in [0.3, 0.4) is 0 Å². The maximum Gasteiger partial charge on any atom is 0.294 e. The molecule has 1 aliphatic heterocycles. The number of nitro benzene ring substituents is 1. The fraction of sp³-hybridized carbons (Fsp3) is 0.308. The molecule has 0 amide bonds. The Morgan fingerprint density at radius 3 is 2.72 bits per heavy atom. The van der Waals surface area contributed by atoms with Crippen molar-refractivity contribution in [3.8, 4) is 17.0 Å². The van der Waals surface area contributed by atoms with Crippen molar-refractivity contribution in [2.24, 2.45) is 7.05 Å². The van der Waals surface area contributed by atoms with E-state index in [-0.39, 0.29) is 10.6 Å². The molecular weight excluding hydrogens is 458 g/mol. The molecular formula is C26H29N7O3. The van der Waals surface area contributed by atoms with Gasteiger partial charge in [0.15, 0.2) is 0 Å². The highest BCUT2D eigenvalue weighted by Gasteiger charge is 2.30. The zero-order chi connectivity index (χ0) is 25.4. The van der Waals surface area contributed by atoms with Crippen LogP contribution in [-0.2, 0) is 7.05 Å². The molecule has 4 aromatic rings. The van der Waals surface area contributed by atoms with Crippen LogP contribution in [0.2, 0.25) is 0 Å². The number of aryl methyl sites for hydroxylation is 1. The third-order valence-corrected chi connectivity index (χ3v) is 6.84. The Kier molecular flexibility index (Phi) is 6.19. The maximum absolute atomic E-state index is 12.0. The molecule has 0 spiro atoms. The second kappa shape index (κ2) is 9.46. The van der Waals surface area contributed by atoms with E-state index in [0.717, 1.165) is 41.7 Å². The molecule has 0 radical (unpaired) electrons. The lowest BCUT2D eigenvalue weighted by atomic mass is 10.1. The standard InChI is InChI=1S/C26H29N7O3/c1-30(2)19-8-10-32(15-19)23-14-25(36-4)21(12-24(23)33(34)35)29-26-13-20(27-16-28-26)17-5-6-22-18(11-17)7-9-31(22)3/h5-7,9,11-14,16,19H,8,10,15H2,1-4H3,(H,27,28,29). The summed E-state index contributed by atoms with van der Waals surface area (Å²) >= 11 is 0. The molecule has 2 aromatic carbocycles. The molecule has 3 heterocycles. The number of hydrogen-bond donors (Lipinski definition) is 1. The number of nitro groups is 1. The zero-order valence-electron chi connectivity index (χ0n) is 20.8. The number of anilines is 3. The third-order valence-electron chi connectivity index (χ3n) is 6.84. The molecule has 36 heavy (non-hydrogen) atoms. The average Bonchev–Trinajstić information content (AvgIpc) is 3.51. The number of methoxy groups -OCH3 is 1. The van der Waals surface area contributed by atoms with Crippen molar-refractivity contribution < 1.29 is 9.66 Å². The predicted molar refractivity (Wildman–Crippen MR) is 141 cm³/mol. The lowest BCUT2D eigenvalue weighted by Crippen LogP contribution is -2.31. The summed E-state index contributed by atoms with van der Waals surface area (Å²) in [6.07, 6.45) is 4.45. The number of nitrogens with zero attached hydrogens (tertiary/aromatic N) is 6. The van der Waals surface area contributed by atoms with Gasteiger partial charge in [0.05, 0.1) is 23.4 Å². The number of fused-ring (bicyclic) bond motifs is 1. The van der Waals surface area contributed by atoms with Crippen LogP contribution in [0.1, 0.15) is 6.42 Å². The summed E-state index contributed by atoms with van der Waals surface area (Å²) in [7, 11) is 7.63. The number of aromatic nitrogens is 3. The smallest absolute Gasteiger partial charge is 0.294 e. The minimum Gasteiger partial charge on any atom is -0.494 e.